The molecule has 0 spiro atoms. The number of ether oxygens (including phenoxy) is 1. The summed E-state index contributed by atoms with van der Waals surface area (Å²) in [5.74, 6) is 1.32. The molecule has 2 aromatic carbocycles. The van der Waals surface area contributed by atoms with Crippen LogP contribution in [0.2, 0.25) is 0 Å². The minimum absolute atomic E-state index is 0.164. The quantitative estimate of drug-likeness (QED) is 0.181. The fraction of sp³-hybridized carbons (Fsp3) is 0.600. The van der Waals surface area contributed by atoms with Crippen LogP contribution in [0.1, 0.15) is 124 Å². The maximum atomic E-state index is 14.8. The zero-order valence-corrected chi connectivity index (χ0v) is 23.8. The molecule has 2 saturated carbocycles. The fourth-order valence-electron chi connectivity index (χ4n) is 6.69. The highest BCUT2D eigenvalue weighted by Crippen LogP contribution is 2.40. The summed E-state index contributed by atoms with van der Waals surface area (Å²) in [6.45, 7) is 5.95. The predicted molar refractivity (Wildman–Crippen MR) is 155 cm³/mol. The highest BCUT2D eigenvalue weighted by Gasteiger charge is 2.36. The van der Waals surface area contributed by atoms with E-state index in [9.17, 15) is 13.2 Å². The van der Waals surface area contributed by atoms with Gasteiger partial charge in [0.25, 0.3) is 0 Å². The van der Waals surface area contributed by atoms with Crippen LogP contribution in [0.4, 0.5) is 13.2 Å². The molecule has 2 fully saturated rings. The topological polar surface area (TPSA) is 9.23 Å². The van der Waals surface area contributed by atoms with E-state index in [1.54, 1.807) is 6.07 Å². The van der Waals surface area contributed by atoms with Gasteiger partial charge in [-0.05, 0) is 110 Å². The molecular weight excluding hydrogens is 493 g/mol. The molecule has 0 amide bonds. The van der Waals surface area contributed by atoms with E-state index in [-0.39, 0.29) is 12.5 Å². The Morgan fingerprint density at radius 2 is 1.49 bits per heavy atom. The molecule has 0 heterocycles. The first-order valence-corrected chi connectivity index (χ1v) is 15.4. The van der Waals surface area contributed by atoms with Gasteiger partial charge in [0.2, 0.25) is 0 Å². The molecule has 0 saturated heterocycles. The summed E-state index contributed by atoms with van der Waals surface area (Å²) in [5.41, 5.74) is 2.44. The van der Waals surface area contributed by atoms with Gasteiger partial charge in [-0.15, -0.1) is 6.58 Å². The summed E-state index contributed by atoms with van der Waals surface area (Å²) in [6, 6.07) is 12.5. The van der Waals surface area contributed by atoms with Crippen molar-refractivity contribution in [2.24, 2.45) is 11.8 Å². The van der Waals surface area contributed by atoms with Crippen LogP contribution in [-0.2, 0) is 17.3 Å². The van der Waals surface area contributed by atoms with E-state index in [4.69, 9.17) is 4.74 Å². The molecule has 214 valence electrons. The molecule has 2 aliphatic carbocycles. The maximum absolute atomic E-state index is 14.8. The van der Waals surface area contributed by atoms with Crippen molar-refractivity contribution in [2.75, 3.05) is 6.61 Å². The number of benzene rings is 2. The molecule has 4 heteroatoms. The Balaban J connectivity index is 1.22. The van der Waals surface area contributed by atoms with E-state index in [1.165, 1.54) is 75.5 Å². The Morgan fingerprint density at radius 3 is 2.13 bits per heavy atom. The average Bonchev–Trinajstić information content (AvgIpc) is 2.96. The molecular formula is C35H47F3O. The van der Waals surface area contributed by atoms with Gasteiger partial charge >= 0.3 is 6.11 Å². The summed E-state index contributed by atoms with van der Waals surface area (Å²) in [4.78, 5) is 0. The number of unbranched alkanes of at least 4 members (excludes halogenated alkanes) is 3. The second kappa shape index (κ2) is 14.5. The first kappa shape index (κ1) is 29.9. The van der Waals surface area contributed by atoms with Gasteiger partial charge in [-0.25, -0.2) is 4.39 Å². The second-order valence-electron chi connectivity index (χ2n) is 12.0. The lowest BCUT2D eigenvalue weighted by molar-refractivity contribution is -0.249. The SMILES string of the molecule is C=CC1CCC(c2ccc(C(F)(F)OCCc3ccc(C4CCC(CCCCCC)CC4)cc3)c(F)c2)CC1. The molecule has 0 unspecified atom stereocenters. The van der Waals surface area contributed by atoms with Gasteiger partial charge in [0.15, 0.2) is 0 Å². The van der Waals surface area contributed by atoms with Crippen LogP contribution in [-0.4, -0.2) is 6.61 Å². The summed E-state index contributed by atoms with van der Waals surface area (Å²) >= 11 is 0. The van der Waals surface area contributed by atoms with Crippen molar-refractivity contribution in [2.45, 2.75) is 115 Å². The predicted octanol–water partition coefficient (Wildman–Crippen LogP) is 10.8. The van der Waals surface area contributed by atoms with Crippen LogP contribution in [0.5, 0.6) is 0 Å². The van der Waals surface area contributed by atoms with Crippen LogP contribution < -0.4 is 0 Å². The molecule has 4 rings (SSSR count). The Kier molecular flexibility index (Phi) is 11.1. The Morgan fingerprint density at radius 1 is 0.846 bits per heavy atom. The summed E-state index contributed by atoms with van der Waals surface area (Å²) in [6.07, 6.45) is 14.5. The van der Waals surface area contributed by atoms with E-state index >= 15 is 0 Å². The zero-order chi connectivity index (χ0) is 27.7. The van der Waals surface area contributed by atoms with Gasteiger partial charge in [-0.2, -0.15) is 8.78 Å². The van der Waals surface area contributed by atoms with Crippen molar-refractivity contribution in [1.82, 2.24) is 0 Å². The van der Waals surface area contributed by atoms with Gasteiger partial charge in [-0.1, -0.05) is 75.4 Å². The lowest BCUT2D eigenvalue weighted by atomic mass is 9.77. The molecule has 0 radical (unpaired) electrons. The van der Waals surface area contributed by atoms with Crippen LogP contribution in [0.25, 0.3) is 0 Å². The Bertz CT molecular complexity index is 1010. The van der Waals surface area contributed by atoms with Crippen molar-refractivity contribution >= 4 is 0 Å². The number of hydrogen-bond donors (Lipinski definition) is 0. The lowest BCUT2D eigenvalue weighted by Gasteiger charge is -2.29. The Labute approximate surface area is 234 Å². The van der Waals surface area contributed by atoms with Gasteiger partial charge in [0.1, 0.15) is 5.82 Å². The number of allylic oxidation sites excluding steroid dienone is 1. The third-order valence-corrected chi connectivity index (χ3v) is 9.32. The summed E-state index contributed by atoms with van der Waals surface area (Å²) in [5, 5.41) is 0. The number of alkyl halides is 2. The van der Waals surface area contributed by atoms with E-state index in [2.05, 4.69) is 25.6 Å². The standard InChI is InChI=1S/C35H47F3O/c1-3-5-6-7-8-27-11-17-29(18-12-27)30-19-13-28(14-20-30)23-24-39-35(37,38)33-22-21-32(25-34(33)36)31-15-9-26(4-2)10-16-31/h4,13-14,19-22,25-27,29,31H,2-3,5-12,15-18,23-24H2,1H3. The fourth-order valence-corrected chi connectivity index (χ4v) is 6.69. The van der Waals surface area contributed by atoms with Crippen molar-refractivity contribution in [3.05, 3.63) is 83.2 Å². The van der Waals surface area contributed by atoms with E-state index < -0.39 is 17.5 Å². The molecule has 0 bridgehead atoms. The molecule has 0 aliphatic heterocycles. The first-order valence-electron chi connectivity index (χ1n) is 15.4. The number of rotatable bonds is 13. The lowest BCUT2D eigenvalue weighted by Crippen LogP contribution is -2.22. The largest absolute Gasteiger partial charge is 0.386 e. The molecule has 1 nitrogen and oxygen atoms in total. The summed E-state index contributed by atoms with van der Waals surface area (Å²) < 4.78 is 49.2. The minimum Gasteiger partial charge on any atom is -0.316 e. The van der Waals surface area contributed by atoms with Gasteiger partial charge in [-0.3, -0.25) is 0 Å². The van der Waals surface area contributed by atoms with Crippen LogP contribution in [0, 0.1) is 17.7 Å². The van der Waals surface area contributed by atoms with Crippen molar-refractivity contribution in [3.63, 3.8) is 0 Å². The van der Waals surface area contributed by atoms with Crippen molar-refractivity contribution < 1.29 is 17.9 Å². The first-order chi connectivity index (χ1) is 18.9. The summed E-state index contributed by atoms with van der Waals surface area (Å²) in [7, 11) is 0. The van der Waals surface area contributed by atoms with Crippen LogP contribution >= 0.6 is 0 Å². The van der Waals surface area contributed by atoms with Crippen molar-refractivity contribution in [3.8, 4) is 0 Å². The zero-order valence-electron chi connectivity index (χ0n) is 23.8. The normalized spacial score (nSPS) is 24.0. The van der Waals surface area contributed by atoms with Gasteiger partial charge < -0.3 is 4.74 Å². The molecule has 39 heavy (non-hydrogen) atoms. The molecule has 0 N–H and O–H groups in total. The van der Waals surface area contributed by atoms with E-state index in [0.29, 0.717) is 18.3 Å². The minimum atomic E-state index is -3.65. The second-order valence-corrected chi connectivity index (χ2v) is 12.0. The monoisotopic (exact) mass is 540 g/mol. The highest BCUT2D eigenvalue weighted by atomic mass is 19.3. The molecule has 2 aliphatic rings. The molecule has 2 aromatic rings. The van der Waals surface area contributed by atoms with Crippen LogP contribution in [0.3, 0.4) is 0 Å². The molecule has 0 aromatic heterocycles. The number of hydrogen-bond acceptors (Lipinski definition) is 1. The van der Waals surface area contributed by atoms with Crippen LogP contribution in [0.15, 0.2) is 55.1 Å². The van der Waals surface area contributed by atoms with E-state index in [1.807, 2.05) is 18.2 Å². The van der Waals surface area contributed by atoms with E-state index in [0.717, 1.165) is 42.7 Å². The number of halogens is 3. The van der Waals surface area contributed by atoms with Crippen molar-refractivity contribution in [1.29, 1.82) is 0 Å². The molecule has 0 atom stereocenters. The van der Waals surface area contributed by atoms with Gasteiger partial charge in [0.05, 0.1) is 12.2 Å². The maximum Gasteiger partial charge on any atom is 0.386 e. The highest BCUT2D eigenvalue weighted by molar-refractivity contribution is 5.30. The third kappa shape index (κ3) is 8.46. The third-order valence-electron chi connectivity index (χ3n) is 9.32. The smallest absolute Gasteiger partial charge is 0.316 e. The average molecular weight is 541 g/mol. The Hall–Kier alpha value is -2.07. The van der Waals surface area contributed by atoms with Gasteiger partial charge in [0, 0.05) is 0 Å².